The number of para-hydroxylation sites is 1. The predicted molar refractivity (Wildman–Crippen MR) is 105 cm³/mol. The van der Waals surface area contributed by atoms with Gasteiger partial charge in [-0.25, -0.2) is 0 Å². The third-order valence-corrected chi connectivity index (χ3v) is 4.72. The number of benzene rings is 1. The zero-order chi connectivity index (χ0) is 18.2. The third-order valence-electron chi connectivity index (χ3n) is 4.72. The monoisotopic (exact) mass is 356 g/mol. The van der Waals surface area contributed by atoms with Gasteiger partial charge >= 0.3 is 0 Å². The van der Waals surface area contributed by atoms with Crippen LogP contribution in [0, 0.1) is 0 Å². The van der Waals surface area contributed by atoms with E-state index in [4.69, 9.17) is 9.73 Å². The molecule has 0 saturated carbocycles. The number of guanidine groups is 1. The molecule has 2 heterocycles. The number of ether oxygens (including phenoxy) is 1. The molecule has 1 aromatic carbocycles. The maximum atomic E-state index is 11.9. The summed E-state index contributed by atoms with van der Waals surface area (Å²) in [6.45, 7) is 5.86. The van der Waals surface area contributed by atoms with Crippen LogP contribution in [0.15, 0.2) is 40.9 Å². The Labute approximate surface area is 155 Å². The van der Waals surface area contributed by atoms with Crippen LogP contribution in [0.25, 0.3) is 0 Å². The van der Waals surface area contributed by atoms with Gasteiger partial charge in [-0.2, -0.15) is 0 Å². The van der Waals surface area contributed by atoms with Crippen molar-refractivity contribution in [3.8, 4) is 0 Å². The smallest absolute Gasteiger partial charge is 0.225 e. The molecule has 1 aromatic rings. The van der Waals surface area contributed by atoms with Crippen molar-refractivity contribution in [3.05, 3.63) is 41.5 Å². The van der Waals surface area contributed by atoms with E-state index in [9.17, 15) is 4.79 Å². The molecule has 2 aliphatic heterocycles. The number of nitrogens with zero attached hydrogens (tertiary/aromatic N) is 1. The summed E-state index contributed by atoms with van der Waals surface area (Å²) in [4.78, 5) is 16.7. The standard InChI is InChI=1S/C20H28N4O2/c1-2-21-20(22-10-7-15-8-11-26-12-9-15)23-14-16-13-19(25)24-18-6-4-3-5-17(16)18/h3-6,8,16H,2,7,9-14H2,1H3,(H,24,25)(H2,21,22,23). The number of rotatable bonds is 6. The Balaban J connectivity index is 1.58. The van der Waals surface area contributed by atoms with E-state index in [1.807, 2.05) is 18.2 Å². The Hall–Kier alpha value is -2.34. The first kappa shape index (κ1) is 18.5. The highest BCUT2D eigenvalue weighted by atomic mass is 16.5. The van der Waals surface area contributed by atoms with Crippen LogP contribution in [0.3, 0.4) is 0 Å². The minimum Gasteiger partial charge on any atom is -0.377 e. The first-order valence-electron chi connectivity index (χ1n) is 9.43. The van der Waals surface area contributed by atoms with Gasteiger partial charge in [-0.15, -0.1) is 0 Å². The van der Waals surface area contributed by atoms with E-state index in [2.05, 4.69) is 35.0 Å². The molecule has 0 fully saturated rings. The Morgan fingerprint density at radius 3 is 3.04 bits per heavy atom. The topological polar surface area (TPSA) is 74.8 Å². The second kappa shape index (κ2) is 9.38. The Bertz CT molecular complexity index is 684. The molecule has 0 bridgehead atoms. The fourth-order valence-electron chi connectivity index (χ4n) is 3.34. The number of nitrogens with one attached hydrogen (secondary N) is 3. The Morgan fingerprint density at radius 2 is 2.23 bits per heavy atom. The predicted octanol–water partition coefficient (Wildman–Crippen LogP) is 2.40. The molecule has 0 radical (unpaired) electrons. The van der Waals surface area contributed by atoms with Crippen molar-refractivity contribution >= 4 is 17.6 Å². The van der Waals surface area contributed by atoms with Crippen molar-refractivity contribution in [2.75, 3.05) is 38.2 Å². The van der Waals surface area contributed by atoms with Crippen molar-refractivity contribution in [2.45, 2.75) is 32.1 Å². The van der Waals surface area contributed by atoms with Crippen molar-refractivity contribution in [1.29, 1.82) is 0 Å². The SMILES string of the molecule is CCNC(=NCC1CC(=O)Nc2ccccc21)NCCC1=CCOCC1. The zero-order valence-corrected chi connectivity index (χ0v) is 15.4. The first-order chi connectivity index (χ1) is 12.8. The number of aliphatic imine (C=N–C) groups is 1. The molecule has 6 heteroatoms. The molecule has 3 N–H and O–H groups in total. The Kier molecular flexibility index (Phi) is 6.66. The molecule has 0 spiro atoms. The number of anilines is 1. The quantitative estimate of drug-likeness (QED) is 0.416. The number of hydrogen-bond donors (Lipinski definition) is 3. The van der Waals surface area contributed by atoms with E-state index in [0.29, 0.717) is 13.0 Å². The molecule has 3 rings (SSSR count). The lowest BCUT2D eigenvalue weighted by molar-refractivity contribution is -0.116. The molecule has 6 nitrogen and oxygen atoms in total. The van der Waals surface area contributed by atoms with Crippen molar-refractivity contribution in [2.24, 2.45) is 4.99 Å². The van der Waals surface area contributed by atoms with Crippen LogP contribution in [0.1, 0.15) is 37.7 Å². The fourth-order valence-corrected chi connectivity index (χ4v) is 3.34. The number of amides is 1. The van der Waals surface area contributed by atoms with Crippen LogP contribution in [0.4, 0.5) is 5.69 Å². The summed E-state index contributed by atoms with van der Waals surface area (Å²) in [5, 5.41) is 9.63. The highest BCUT2D eigenvalue weighted by Crippen LogP contribution is 2.31. The van der Waals surface area contributed by atoms with Crippen LogP contribution in [0.2, 0.25) is 0 Å². The van der Waals surface area contributed by atoms with Crippen molar-refractivity contribution < 1.29 is 9.53 Å². The number of carbonyl (C=O) groups is 1. The van der Waals surface area contributed by atoms with Crippen LogP contribution >= 0.6 is 0 Å². The van der Waals surface area contributed by atoms with E-state index < -0.39 is 0 Å². The molecule has 1 amide bonds. The van der Waals surface area contributed by atoms with Gasteiger partial charge in [0, 0.05) is 31.1 Å². The lowest BCUT2D eigenvalue weighted by atomic mass is 9.91. The summed E-state index contributed by atoms with van der Waals surface area (Å²) in [5.41, 5.74) is 3.52. The van der Waals surface area contributed by atoms with Gasteiger partial charge in [0.05, 0.1) is 19.8 Å². The maximum absolute atomic E-state index is 11.9. The average molecular weight is 356 g/mol. The minimum atomic E-state index is 0.0633. The average Bonchev–Trinajstić information content (AvgIpc) is 2.66. The van der Waals surface area contributed by atoms with Gasteiger partial charge in [-0.1, -0.05) is 29.8 Å². The van der Waals surface area contributed by atoms with E-state index in [1.54, 1.807) is 0 Å². The number of carbonyl (C=O) groups excluding carboxylic acids is 1. The van der Waals surface area contributed by atoms with E-state index in [0.717, 1.165) is 50.8 Å². The highest BCUT2D eigenvalue weighted by molar-refractivity contribution is 5.94. The van der Waals surface area contributed by atoms with Gasteiger partial charge in [0.15, 0.2) is 5.96 Å². The number of hydrogen-bond acceptors (Lipinski definition) is 3. The van der Waals surface area contributed by atoms with Gasteiger partial charge in [0.25, 0.3) is 0 Å². The second-order valence-electron chi connectivity index (χ2n) is 6.62. The summed E-state index contributed by atoms with van der Waals surface area (Å²) in [6, 6.07) is 7.99. The van der Waals surface area contributed by atoms with Gasteiger partial charge in [-0.3, -0.25) is 9.79 Å². The molecule has 0 aliphatic carbocycles. The van der Waals surface area contributed by atoms with Gasteiger partial charge in [0.1, 0.15) is 0 Å². The zero-order valence-electron chi connectivity index (χ0n) is 15.4. The molecule has 2 aliphatic rings. The minimum absolute atomic E-state index is 0.0633. The summed E-state index contributed by atoms with van der Waals surface area (Å²) < 4.78 is 5.34. The third kappa shape index (κ3) is 5.08. The normalized spacial score (nSPS) is 20.0. The summed E-state index contributed by atoms with van der Waals surface area (Å²) in [5.74, 6) is 0.991. The van der Waals surface area contributed by atoms with Gasteiger partial charge in [0.2, 0.25) is 5.91 Å². The van der Waals surface area contributed by atoms with Crippen molar-refractivity contribution in [1.82, 2.24) is 10.6 Å². The molecular formula is C20H28N4O2. The second-order valence-corrected chi connectivity index (χ2v) is 6.62. The fraction of sp³-hybridized carbons (Fsp3) is 0.500. The van der Waals surface area contributed by atoms with Gasteiger partial charge < -0.3 is 20.7 Å². The summed E-state index contributed by atoms with van der Waals surface area (Å²) in [7, 11) is 0. The summed E-state index contributed by atoms with van der Waals surface area (Å²) >= 11 is 0. The maximum Gasteiger partial charge on any atom is 0.225 e. The van der Waals surface area contributed by atoms with E-state index in [-0.39, 0.29) is 11.8 Å². The highest BCUT2D eigenvalue weighted by Gasteiger charge is 2.24. The largest absolute Gasteiger partial charge is 0.377 e. The molecule has 0 aromatic heterocycles. The first-order valence-corrected chi connectivity index (χ1v) is 9.43. The molecule has 26 heavy (non-hydrogen) atoms. The lowest BCUT2D eigenvalue weighted by Gasteiger charge is -2.24. The van der Waals surface area contributed by atoms with Crippen LogP contribution in [-0.2, 0) is 9.53 Å². The van der Waals surface area contributed by atoms with Crippen molar-refractivity contribution in [3.63, 3.8) is 0 Å². The lowest BCUT2D eigenvalue weighted by Crippen LogP contribution is -2.38. The van der Waals surface area contributed by atoms with E-state index >= 15 is 0 Å². The molecule has 1 unspecified atom stereocenters. The Morgan fingerprint density at radius 1 is 1.35 bits per heavy atom. The molecule has 140 valence electrons. The van der Waals surface area contributed by atoms with Gasteiger partial charge in [-0.05, 0) is 31.4 Å². The molecular weight excluding hydrogens is 328 g/mol. The van der Waals surface area contributed by atoms with Crippen LogP contribution < -0.4 is 16.0 Å². The molecule has 0 saturated heterocycles. The van der Waals surface area contributed by atoms with Crippen LogP contribution in [0.5, 0.6) is 0 Å². The summed E-state index contributed by atoms with van der Waals surface area (Å²) in [6.07, 6.45) is 4.67. The van der Waals surface area contributed by atoms with Crippen LogP contribution in [-0.4, -0.2) is 44.7 Å². The number of fused-ring (bicyclic) bond motifs is 1. The van der Waals surface area contributed by atoms with E-state index in [1.165, 1.54) is 11.1 Å². The molecule has 1 atom stereocenters.